The monoisotopic (exact) mass is 413 g/mol. The number of nitrogens with zero attached hydrogens (tertiary/aromatic N) is 3. The minimum atomic E-state index is -0.655. The van der Waals surface area contributed by atoms with Crippen LogP contribution in [0, 0.1) is 11.8 Å². The molecule has 0 N–H and O–H groups in total. The van der Waals surface area contributed by atoms with Crippen molar-refractivity contribution >= 4 is 11.8 Å². The number of rotatable bonds is 6. The van der Waals surface area contributed by atoms with E-state index in [4.69, 9.17) is 14.2 Å². The Morgan fingerprint density at radius 2 is 2.20 bits per heavy atom. The lowest BCUT2D eigenvalue weighted by Gasteiger charge is -2.35. The van der Waals surface area contributed by atoms with Gasteiger partial charge in [-0.25, -0.2) is 0 Å². The number of ether oxygens (including phenoxy) is 3. The summed E-state index contributed by atoms with van der Waals surface area (Å²) in [4.78, 5) is 34.2. The van der Waals surface area contributed by atoms with Crippen molar-refractivity contribution in [1.82, 2.24) is 14.8 Å². The van der Waals surface area contributed by atoms with Crippen molar-refractivity contribution < 1.29 is 23.8 Å². The highest BCUT2D eigenvalue weighted by Gasteiger charge is 2.67. The molecule has 2 bridgehead atoms. The lowest BCUT2D eigenvalue weighted by atomic mass is 9.76. The molecule has 5 rings (SSSR count). The van der Waals surface area contributed by atoms with Crippen LogP contribution in [0.4, 0.5) is 0 Å². The Morgan fingerprint density at radius 3 is 2.93 bits per heavy atom. The molecule has 30 heavy (non-hydrogen) atoms. The van der Waals surface area contributed by atoms with Crippen molar-refractivity contribution in [2.75, 3.05) is 39.9 Å². The summed E-state index contributed by atoms with van der Waals surface area (Å²) in [5.41, 5.74) is -0.655. The topological polar surface area (TPSA) is 81.2 Å². The molecule has 1 spiro atoms. The number of hydrogen-bond donors (Lipinski definition) is 0. The first-order valence-electron chi connectivity index (χ1n) is 10.6. The molecule has 4 aliphatic rings. The normalized spacial score (nSPS) is 32.7. The van der Waals surface area contributed by atoms with Crippen LogP contribution in [0.1, 0.15) is 12.8 Å². The zero-order valence-electron chi connectivity index (χ0n) is 17.1. The van der Waals surface area contributed by atoms with Crippen molar-refractivity contribution in [1.29, 1.82) is 0 Å². The molecule has 0 radical (unpaired) electrons. The molecular formula is C22H27N3O5. The maximum absolute atomic E-state index is 13.4. The molecule has 8 nitrogen and oxygen atoms in total. The van der Waals surface area contributed by atoms with Gasteiger partial charge in [0.05, 0.1) is 37.3 Å². The fourth-order valence-electron chi connectivity index (χ4n) is 5.27. The van der Waals surface area contributed by atoms with Gasteiger partial charge in [-0.05, 0) is 12.1 Å². The van der Waals surface area contributed by atoms with Crippen molar-refractivity contribution in [3.05, 3.63) is 36.7 Å². The Kier molecular flexibility index (Phi) is 4.99. The molecule has 0 aliphatic carbocycles. The van der Waals surface area contributed by atoms with E-state index in [9.17, 15) is 9.59 Å². The highest BCUT2D eigenvalue weighted by atomic mass is 16.5. The van der Waals surface area contributed by atoms with Crippen LogP contribution in [-0.2, 0) is 19.1 Å². The number of pyridine rings is 1. The summed E-state index contributed by atoms with van der Waals surface area (Å²) in [5, 5.41) is 0. The summed E-state index contributed by atoms with van der Waals surface area (Å²) in [6.45, 7) is 2.74. The molecule has 1 aromatic rings. The average molecular weight is 413 g/mol. The van der Waals surface area contributed by atoms with E-state index < -0.39 is 17.4 Å². The van der Waals surface area contributed by atoms with E-state index >= 15 is 0 Å². The van der Waals surface area contributed by atoms with Gasteiger partial charge in [-0.15, -0.1) is 0 Å². The Balaban J connectivity index is 1.24. The van der Waals surface area contributed by atoms with E-state index in [-0.39, 0.29) is 24.0 Å². The van der Waals surface area contributed by atoms with Gasteiger partial charge in [-0.3, -0.25) is 14.6 Å². The van der Waals surface area contributed by atoms with E-state index in [0.717, 1.165) is 18.6 Å². The van der Waals surface area contributed by atoms with Crippen LogP contribution < -0.4 is 4.74 Å². The van der Waals surface area contributed by atoms with Gasteiger partial charge < -0.3 is 24.0 Å². The number of aromatic nitrogens is 1. The first-order valence-corrected chi connectivity index (χ1v) is 10.6. The quantitative estimate of drug-likeness (QED) is 0.644. The van der Waals surface area contributed by atoms with Crippen LogP contribution in [0.5, 0.6) is 5.75 Å². The summed E-state index contributed by atoms with van der Waals surface area (Å²) in [6, 6.07) is 3.74. The Morgan fingerprint density at radius 1 is 1.37 bits per heavy atom. The second-order valence-corrected chi connectivity index (χ2v) is 8.48. The Labute approximate surface area is 175 Å². The van der Waals surface area contributed by atoms with Gasteiger partial charge in [0.25, 0.3) is 0 Å². The zero-order chi connectivity index (χ0) is 20.7. The second kappa shape index (κ2) is 7.67. The largest absolute Gasteiger partial charge is 0.489 e. The van der Waals surface area contributed by atoms with Crippen LogP contribution in [0.15, 0.2) is 36.7 Å². The third-order valence-electron chi connectivity index (χ3n) is 6.72. The molecule has 4 aliphatic heterocycles. The number of amides is 2. The molecule has 0 saturated carbocycles. The fourth-order valence-corrected chi connectivity index (χ4v) is 5.27. The van der Waals surface area contributed by atoms with Crippen LogP contribution in [0.3, 0.4) is 0 Å². The third kappa shape index (κ3) is 3.18. The summed E-state index contributed by atoms with van der Waals surface area (Å²) in [7, 11) is 1.62. The third-order valence-corrected chi connectivity index (χ3v) is 6.72. The van der Waals surface area contributed by atoms with Crippen molar-refractivity contribution in [2.45, 2.75) is 30.7 Å². The lowest BCUT2D eigenvalue weighted by Crippen LogP contribution is -2.49. The van der Waals surface area contributed by atoms with E-state index in [1.165, 1.54) is 0 Å². The van der Waals surface area contributed by atoms with Gasteiger partial charge in [0, 0.05) is 45.8 Å². The van der Waals surface area contributed by atoms with Crippen LogP contribution in [-0.4, -0.2) is 84.3 Å². The van der Waals surface area contributed by atoms with E-state index in [1.807, 2.05) is 29.2 Å². The summed E-state index contributed by atoms with van der Waals surface area (Å²) in [5.74, 6) is -0.0827. The standard InChI is InChI=1S/C22H27N3O5/c1-28-12-11-25-14-22-7-4-17(30-22)18(19(22)21(25)27)20(26)24-9-5-15(6-10-24)29-16-3-2-8-23-13-16/h2-4,7-8,13,15,17-19H,5-6,9-12,14H2,1H3/t17-,18+,19+,22-/m1/s1. The number of carbonyl (C=O) groups is 2. The predicted octanol–water partition coefficient (Wildman–Crippen LogP) is 0.880. The molecule has 3 saturated heterocycles. The molecule has 0 aromatic carbocycles. The maximum atomic E-state index is 13.4. The fraction of sp³-hybridized carbons (Fsp3) is 0.591. The molecule has 3 fully saturated rings. The van der Waals surface area contributed by atoms with Crippen molar-refractivity contribution in [3.8, 4) is 5.75 Å². The molecule has 4 atom stereocenters. The number of carbonyl (C=O) groups excluding carboxylic acids is 2. The van der Waals surface area contributed by atoms with Crippen molar-refractivity contribution in [3.63, 3.8) is 0 Å². The minimum Gasteiger partial charge on any atom is -0.489 e. The van der Waals surface area contributed by atoms with E-state index in [0.29, 0.717) is 32.8 Å². The SMILES string of the molecule is COCCN1C[C@@]23C=C[C@@H](O2)[C@H](C(=O)N2CCC(Oc4cccnc4)CC2)[C@H]3C1=O. The summed E-state index contributed by atoms with van der Waals surface area (Å²) >= 11 is 0. The van der Waals surface area contributed by atoms with Gasteiger partial charge >= 0.3 is 0 Å². The molecule has 5 heterocycles. The number of piperidine rings is 1. The number of hydrogen-bond acceptors (Lipinski definition) is 6. The van der Waals surface area contributed by atoms with E-state index in [2.05, 4.69) is 4.98 Å². The maximum Gasteiger partial charge on any atom is 0.230 e. The molecule has 0 unspecified atom stereocenters. The van der Waals surface area contributed by atoms with Crippen molar-refractivity contribution in [2.24, 2.45) is 11.8 Å². The molecule has 8 heteroatoms. The summed E-state index contributed by atoms with van der Waals surface area (Å²) < 4.78 is 17.3. The van der Waals surface area contributed by atoms with Gasteiger partial charge in [-0.2, -0.15) is 0 Å². The Hall–Kier alpha value is -2.45. The van der Waals surface area contributed by atoms with Gasteiger partial charge in [0.2, 0.25) is 11.8 Å². The highest BCUT2D eigenvalue weighted by Crippen LogP contribution is 2.52. The smallest absolute Gasteiger partial charge is 0.230 e. The second-order valence-electron chi connectivity index (χ2n) is 8.48. The predicted molar refractivity (Wildman–Crippen MR) is 107 cm³/mol. The molecule has 2 amide bonds. The molecule has 1 aromatic heterocycles. The number of likely N-dealkylation sites (tertiary alicyclic amines) is 2. The first kappa shape index (κ1) is 19.5. The van der Waals surface area contributed by atoms with Crippen LogP contribution in [0.2, 0.25) is 0 Å². The van der Waals surface area contributed by atoms with Crippen LogP contribution >= 0.6 is 0 Å². The molecule has 160 valence electrons. The lowest BCUT2D eigenvalue weighted by molar-refractivity contribution is -0.144. The average Bonchev–Trinajstić information content (AvgIpc) is 3.41. The number of methoxy groups -OCH3 is 1. The number of fused-ring (bicyclic) bond motifs is 1. The van der Waals surface area contributed by atoms with E-state index in [1.54, 1.807) is 24.4 Å². The Bertz CT molecular complexity index is 838. The van der Waals surface area contributed by atoms with Gasteiger partial charge in [-0.1, -0.05) is 12.2 Å². The summed E-state index contributed by atoms with van der Waals surface area (Å²) in [6.07, 6.45) is 8.66. The van der Waals surface area contributed by atoms with Gasteiger partial charge in [0.15, 0.2) is 0 Å². The molecular weight excluding hydrogens is 386 g/mol. The highest BCUT2D eigenvalue weighted by molar-refractivity contribution is 5.93. The first-order chi connectivity index (χ1) is 14.6. The minimum absolute atomic E-state index is 0.00652. The van der Waals surface area contributed by atoms with Gasteiger partial charge in [0.1, 0.15) is 17.5 Å². The van der Waals surface area contributed by atoms with Crippen LogP contribution in [0.25, 0.3) is 0 Å². The zero-order valence-corrected chi connectivity index (χ0v) is 17.1.